The van der Waals surface area contributed by atoms with E-state index in [1.54, 1.807) is 4.31 Å². The maximum absolute atomic E-state index is 12.3. The molecule has 0 amide bonds. The minimum atomic E-state index is -3.07. The van der Waals surface area contributed by atoms with Gasteiger partial charge in [0.25, 0.3) is 0 Å². The van der Waals surface area contributed by atoms with Gasteiger partial charge < -0.3 is 10.1 Å². The van der Waals surface area contributed by atoms with Crippen molar-refractivity contribution in [2.24, 2.45) is 11.8 Å². The standard InChI is InChI=1S/C12H24N2O3S.ClH/c1-13-8-11-2-5-14(6-3-11)18(15,16)10-12-4-7-17-9-12;/h11-13H,2-10H2,1H3;1H. The summed E-state index contributed by atoms with van der Waals surface area (Å²) < 4.78 is 31.4. The van der Waals surface area contributed by atoms with E-state index in [9.17, 15) is 8.42 Å². The highest BCUT2D eigenvalue weighted by atomic mass is 35.5. The Hall–Kier alpha value is 0.120. The summed E-state index contributed by atoms with van der Waals surface area (Å²) in [5, 5.41) is 3.17. The molecule has 0 radical (unpaired) electrons. The monoisotopic (exact) mass is 312 g/mol. The Morgan fingerprint density at radius 1 is 1.21 bits per heavy atom. The summed E-state index contributed by atoms with van der Waals surface area (Å²) in [7, 11) is -1.12. The van der Waals surface area contributed by atoms with E-state index in [-0.39, 0.29) is 24.1 Å². The van der Waals surface area contributed by atoms with Gasteiger partial charge in [0, 0.05) is 19.7 Å². The Kier molecular flexibility index (Phi) is 7.04. The van der Waals surface area contributed by atoms with Crippen molar-refractivity contribution >= 4 is 22.4 Å². The van der Waals surface area contributed by atoms with Crippen molar-refractivity contribution in [2.75, 3.05) is 45.6 Å². The van der Waals surface area contributed by atoms with Gasteiger partial charge in [-0.2, -0.15) is 0 Å². The van der Waals surface area contributed by atoms with E-state index in [0.29, 0.717) is 32.2 Å². The lowest BCUT2D eigenvalue weighted by Crippen LogP contribution is -2.42. The number of ether oxygens (including phenoxy) is 1. The molecule has 19 heavy (non-hydrogen) atoms. The lowest BCUT2D eigenvalue weighted by Gasteiger charge is -2.31. The molecule has 2 saturated heterocycles. The van der Waals surface area contributed by atoms with Gasteiger partial charge in [0.05, 0.1) is 12.4 Å². The Morgan fingerprint density at radius 3 is 2.42 bits per heavy atom. The number of rotatable bonds is 5. The quantitative estimate of drug-likeness (QED) is 0.812. The summed E-state index contributed by atoms with van der Waals surface area (Å²) in [6.07, 6.45) is 2.83. The zero-order valence-electron chi connectivity index (χ0n) is 11.5. The molecule has 5 nitrogen and oxygen atoms in total. The third kappa shape index (κ3) is 4.86. The van der Waals surface area contributed by atoms with Gasteiger partial charge in [0.1, 0.15) is 0 Å². The Balaban J connectivity index is 0.00000180. The Morgan fingerprint density at radius 2 is 1.89 bits per heavy atom. The van der Waals surface area contributed by atoms with E-state index in [1.807, 2.05) is 7.05 Å². The molecule has 0 aromatic heterocycles. The first-order valence-electron chi connectivity index (χ1n) is 6.82. The van der Waals surface area contributed by atoms with Crippen molar-refractivity contribution in [1.82, 2.24) is 9.62 Å². The fourth-order valence-electron chi connectivity index (χ4n) is 2.80. The smallest absolute Gasteiger partial charge is 0.214 e. The molecule has 0 bridgehead atoms. The number of sulfonamides is 1. The van der Waals surface area contributed by atoms with Gasteiger partial charge in [-0.3, -0.25) is 0 Å². The van der Waals surface area contributed by atoms with Crippen molar-refractivity contribution in [2.45, 2.75) is 19.3 Å². The SMILES string of the molecule is CNCC1CCN(S(=O)(=O)CC2CCOC2)CC1.Cl. The number of halogens is 1. The average molecular weight is 313 g/mol. The van der Waals surface area contributed by atoms with Gasteiger partial charge >= 0.3 is 0 Å². The fraction of sp³-hybridized carbons (Fsp3) is 1.00. The summed E-state index contributed by atoms with van der Waals surface area (Å²) in [4.78, 5) is 0. The number of nitrogens with one attached hydrogen (secondary N) is 1. The second kappa shape index (κ2) is 7.78. The third-order valence-electron chi connectivity index (χ3n) is 3.93. The molecule has 0 aromatic rings. The zero-order chi connectivity index (χ0) is 13.0. The topological polar surface area (TPSA) is 58.6 Å². The van der Waals surface area contributed by atoms with Gasteiger partial charge in [0.2, 0.25) is 10.0 Å². The summed E-state index contributed by atoms with van der Waals surface area (Å²) in [6, 6.07) is 0. The molecule has 2 fully saturated rings. The van der Waals surface area contributed by atoms with E-state index < -0.39 is 10.0 Å². The molecule has 1 N–H and O–H groups in total. The second-order valence-electron chi connectivity index (χ2n) is 5.41. The molecule has 0 aliphatic carbocycles. The van der Waals surface area contributed by atoms with Crippen LogP contribution in [-0.4, -0.2) is 58.4 Å². The van der Waals surface area contributed by atoms with Crippen LogP contribution in [-0.2, 0) is 14.8 Å². The highest BCUT2D eigenvalue weighted by Crippen LogP contribution is 2.22. The average Bonchev–Trinajstić information content (AvgIpc) is 2.82. The molecule has 1 unspecified atom stereocenters. The van der Waals surface area contributed by atoms with Crippen molar-refractivity contribution in [3.8, 4) is 0 Å². The number of piperidine rings is 1. The Labute approximate surface area is 122 Å². The maximum Gasteiger partial charge on any atom is 0.214 e. The van der Waals surface area contributed by atoms with Crippen LogP contribution in [0.3, 0.4) is 0 Å². The number of hydrogen-bond donors (Lipinski definition) is 1. The molecular weight excluding hydrogens is 288 g/mol. The lowest BCUT2D eigenvalue weighted by atomic mass is 9.98. The minimum Gasteiger partial charge on any atom is -0.381 e. The predicted octanol–water partition coefficient (Wildman–Crippen LogP) is 0.706. The van der Waals surface area contributed by atoms with Crippen LogP contribution in [0.5, 0.6) is 0 Å². The molecular formula is C12H25ClN2O3S. The first-order chi connectivity index (χ1) is 8.62. The van der Waals surface area contributed by atoms with E-state index in [4.69, 9.17) is 4.74 Å². The largest absolute Gasteiger partial charge is 0.381 e. The van der Waals surface area contributed by atoms with Gasteiger partial charge in [-0.05, 0) is 44.7 Å². The van der Waals surface area contributed by atoms with Crippen LogP contribution < -0.4 is 5.32 Å². The lowest BCUT2D eigenvalue weighted by molar-refractivity contribution is 0.188. The summed E-state index contributed by atoms with van der Waals surface area (Å²) in [6.45, 7) is 3.68. The second-order valence-corrected chi connectivity index (χ2v) is 7.42. The van der Waals surface area contributed by atoms with Gasteiger partial charge in [-0.1, -0.05) is 0 Å². The van der Waals surface area contributed by atoms with Crippen LogP contribution in [0.2, 0.25) is 0 Å². The van der Waals surface area contributed by atoms with Crippen molar-refractivity contribution in [1.29, 1.82) is 0 Å². The van der Waals surface area contributed by atoms with E-state index in [1.165, 1.54) is 0 Å². The highest BCUT2D eigenvalue weighted by Gasteiger charge is 2.31. The van der Waals surface area contributed by atoms with E-state index >= 15 is 0 Å². The van der Waals surface area contributed by atoms with E-state index in [2.05, 4.69) is 5.32 Å². The van der Waals surface area contributed by atoms with Gasteiger partial charge in [-0.25, -0.2) is 12.7 Å². The van der Waals surface area contributed by atoms with E-state index in [0.717, 1.165) is 25.8 Å². The summed E-state index contributed by atoms with van der Waals surface area (Å²) in [5.74, 6) is 1.09. The maximum atomic E-state index is 12.3. The first kappa shape index (κ1) is 17.2. The summed E-state index contributed by atoms with van der Waals surface area (Å²) >= 11 is 0. The molecule has 0 aromatic carbocycles. The fourth-order valence-corrected chi connectivity index (χ4v) is 4.63. The predicted molar refractivity (Wildman–Crippen MR) is 78.2 cm³/mol. The normalized spacial score (nSPS) is 26.3. The van der Waals surface area contributed by atoms with Crippen LogP contribution >= 0.6 is 12.4 Å². The molecule has 2 aliphatic rings. The highest BCUT2D eigenvalue weighted by molar-refractivity contribution is 7.89. The number of hydrogen-bond acceptors (Lipinski definition) is 4. The summed E-state index contributed by atoms with van der Waals surface area (Å²) in [5.41, 5.74) is 0. The van der Waals surface area contributed by atoms with Gasteiger partial charge in [0.15, 0.2) is 0 Å². The first-order valence-corrected chi connectivity index (χ1v) is 8.43. The molecule has 2 aliphatic heterocycles. The zero-order valence-corrected chi connectivity index (χ0v) is 13.1. The molecule has 2 heterocycles. The molecule has 114 valence electrons. The molecule has 0 saturated carbocycles. The molecule has 1 atom stereocenters. The molecule has 0 spiro atoms. The Bertz CT molecular complexity index is 350. The molecule has 2 rings (SSSR count). The van der Waals surface area contributed by atoms with Crippen LogP contribution in [0, 0.1) is 11.8 Å². The van der Waals surface area contributed by atoms with Crippen LogP contribution in [0.25, 0.3) is 0 Å². The van der Waals surface area contributed by atoms with Crippen LogP contribution in [0.1, 0.15) is 19.3 Å². The van der Waals surface area contributed by atoms with Crippen molar-refractivity contribution in [3.63, 3.8) is 0 Å². The minimum absolute atomic E-state index is 0. The molecule has 7 heteroatoms. The van der Waals surface area contributed by atoms with Crippen molar-refractivity contribution in [3.05, 3.63) is 0 Å². The van der Waals surface area contributed by atoms with Crippen LogP contribution in [0.4, 0.5) is 0 Å². The van der Waals surface area contributed by atoms with Gasteiger partial charge in [-0.15, -0.1) is 12.4 Å². The van der Waals surface area contributed by atoms with Crippen LogP contribution in [0.15, 0.2) is 0 Å². The van der Waals surface area contributed by atoms with Crippen molar-refractivity contribution < 1.29 is 13.2 Å². The number of nitrogens with zero attached hydrogens (tertiary/aromatic N) is 1. The third-order valence-corrected chi connectivity index (χ3v) is 5.97.